The van der Waals surface area contributed by atoms with Gasteiger partial charge in [0.15, 0.2) is 10.9 Å². The number of nitrogens with zero attached hydrogens (tertiary/aromatic N) is 1. The molecule has 0 fully saturated rings. The number of anilines is 1. The first-order valence-corrected chi connectivity index (χ1v) is 11.2. The molecule has 0 amide bonds. The van der Waals surface area contributed by atoms with E-state index in [1.165, 1.54) is 5.56 Å². The Morgan fingerprint density at radius 2 is 1.66 bits per heavy atom. The van der Waals surface area contributed by atoms with Crippen molar-refractivity contribution in [1.29, 1.82) is 5.26 Å². The monoisotopic (exact) mass is 430 g/mol. The van der Waals surface area contributed by atoms with Crippen LogP contribution in [0.5, 0.6) is 0 Å². The highest BCUT2D eigenvalue weighted by Gasteiger charge is 2.13. The predicted molar refractivity (Wildman–Crippen MR) is 121 cm³/mol. The Morgan fingerprint density at radius 1 is 1.03 bits per heavy atom. The first-order valence-electron chi connectivity index (χ1n) is 9.16. The number of hydrogen-bond acceptors (Lipinski definition) is 4. The molecule has 0 heterocycles. The zero-order valence-electron chi connectivity index (χ0n) is 16.8. The molecule has 0 aliphatic heterocycles. The van der Waals surface area contributed by atoms with E-state index in [0.717, 1.165) is 11.1 Å². The summed E-state index contributed by atoms with van der Waals surface area (Å²) in [6.07, 6.45) is 0. The SMILES string of the molecule is CC(C)(C)c1ccc(CNC(=S)NCc2cccc(NS(=O)(=O)CC#N)c2)cc1. The number of nitrogens with one attached hydrogen (secondary N) is 3. The van der Waals surface area contributed by atoms with Crippen LogP contribution >= 0.6 is 12.2 Å². The molecule has 2 aromatic rings. The van der Waals surface area contributed by atoms with E-state index < -0.39 is 15.8 Å². The van der Waals surface area contributed by atoms with Crippen molar-refractivity contribution in [2.45, 2.75) is 39.3 Å². The van der Waals surface area contributed by atoms with Gasteiger partial charge in [0, 0.05) is 18.8 Å². The van der Waals surface area contributed by atoms with Crippen molar-refractivity contribution in [2.24, 2.45) is 0 Å². The van der Waals surface area contributed by atoms with E-state index in [1.54, 1.807) is 24.3 Å². The maximum atomic E-state index is 11.7. The standard InChI is InChI=1S/C21H26N4O2S2/c1-21(2,3)18-9-7-16(8-10-18)14-23-20(28)24-15-17-5-4-6-19(13-17)25-29(26,27)12-11-22/h4-10,13,25H,12,14-15H2,1-3H3,(H2,23,24,28). The summed E-state index contributed by atoms with van der Waals surface area (Å²) in [5.41, 5.74) is 3.82. The van der Waals surface area contributed by atoms with Crippen LogP contribution in [0.4, 0.5) is 5.69 Å². The first kappa shape index (κ1) is 22.7. The number of rotatable bonds is 7. The second-order valence-corrected chi connectivity index (χ2v) is 9.83. The van der Waals surface area contributed by atoms with E-state index in [0.29, 0.717) is 23.9 Å². The minimum atomic E-state index is -3.65. The fourth-order valence-corrected chi connectivity index (χ4v) is 3.47. The largest absolute Gasteiger partial charge is 0.359 e. The summed E-state index contributed by atoms with van der Waals surface area (Å²) in [6, 6.07) is 17.0. The van der Waals surface area contributed by atoms with E-state index >= 15 is 0 Å². The summed E-state index contributed by atoms with van der Waals surface area (Å²) in [7, 11) is -3.65. The molecule has 0 unspecified atom stereocenters. The maximum Gasteiger partial charge on any atom is 0.246 e. The molecule has 6 nitrogen and oxygen atoms in total. The molecule has 2 rings (SSSR count). The van der Waals surface area contributed by atoms with Crippen LogP contribution in [-0.2, 0) is 28.5 Å². The Balaban J connectivity index is 1.85. The Bertz CT molecular complexity index is 989. The average molecular weight is 431 g/mol. The Hall–Kier alpha value is -2.63. The highest BCUT2D eigenvalue weighted by atomic mass is 32.2. The molecule has 2 aromatic carbocycles. The van der Waals surface area contributed by atoms with Gasteiger partial charge in [-0.1, -0.05) is 57.2 Å². The third-order valence-electron chi connectivity index (χ3n) is 4.18. The molecular weight excluding hydrogens is 404 g/mol. The van der Waals surface area contributed by atoms with Crippen molar-refractivity contribution in [3.8, 4) is 6.07 Å². The number of thiocarbonyl (C=S) groups is 1. The van der Waals surface area contributed by atoms with Crippen molar-refractivity contribution in [1.82, 2.24) is 10.6 Å². The minimum absolute atomic E-state index is 0.125. The topological polar surface area (TPSA) is 94.0 Å². The van der Waals surface area contributed by atoms with Crippen molar-refractivity contribution < 1.29 is 8.42 Å². The van der Waals surface area contributed by atoms with Gasteiger partial charge in [-0.25, -0.2) is 8.42 Å². The molecule has 0 aromatic heterocycles. The smallest absolute Gasteiger partial charge is 0.246 e. The van der Waals surface area contributed by atoms with Crippen LogP contribution in [0.25, 0.3) is 0 Å². The van der Waals surface area contributed by atoms with Gasteiger partial charge in [0.25, 0.3) is 0 Å². The summed E-state index contributed by atoms with van der Waals surface area (Å²) in [4.78, 5) is 0. The van der Waals surface area contributed by atoms with Crippen LogP contribution in [0.15, 0.2) is 48.5 Å². The molecule has 0 radical (unpaired) electrons. The van der Waals surface area contributed by atoms with Crippen LogP contribution in [0.1, 0.15) is 37.5 Å². The second kappa shape index (κ2) is 9.72. The van der Waals surface area contributed by atoms with Crippen molar-refractivity contribution in [3.05, 3.63) is 65.2 Å². The van der Waals surface area contributed by atoms with E-state index in [-0.39, 0.29) is 5.41 Å². The third-order valence-corrected chi connectivity index (χ3v) is 5.53. The van der Waals surface area contributed by atoms with Gasteiger partial charge in [-0.3, -0.25) is 4.72 Å². The van der Waals surface area contributed by atoms with Gasteiger partial charge in [-0.2, -0.15) is 5.26 Å². The summed E-state index contributed by atoms with van der Waals surface area (Å²) in [5, 5.41) is 15.4. The molecule has 0 aliphatic carbocycles. The molecule has 0 saturated heterocycles. The summed E-state index contributed by atoms with van der Waals surface area (Å²) < 4.78 is 25.8. The normalized spacial score (nSPS) is 11.4. The maximum absolute atomic E-state index is 11.7. The van der Waals surface area contributed by atoms with Gasteiger partial charge in [-0.15, -0.1) is 0 Å². The van der Waals surface area contributed by atoms with E-state index in [9.17, 15) is 8.42 Å². The van der Waals surface area contributed by atoms with Crippen molar-refractivity contribution in [3.63, 3.8) is 0 Å². The highest BCUT2D eigenvalue weighted by Crippen LogP contribution is 2.22. The zero-order chi connectivity index (χ0) is 21.5. The fraction of sp³-hybridized carbons (Fsp3) is 0.333. The van der Waals surface area contributed by atoms with Crippen LogP contribution in [0.2, 0.25) is 0 Å². The number of nitriles is 1. The number of hydrogen-bond donors (Lipinski definition) is 3. The molecule has 0 spiro atoms. The summed E-state index contributed by atoms with van der Waals surface area (Å²) in [5.74, 6) is -0.583. The summed E-state index contributed by atoms with van der Waals surface area (Å²) >= 11 is 5.32. The van der Waals surface area contributed by atoms with Crippen LogP contribution < -0.4 is 15.4 Å². The van der Waals surface area contributed by atoms with E-state index in [4.69, 9.17) is 17.5 Å². The Kier molecular flexibility index (Phi) is 7.59. The van der Waals surface area contributed by atoms with Gasteiger partial charge in [0.1, 0.15) is 0 Å². The number of sulfonamides is 1. The summed E-state index contributed by atoms with van der Waals surface area (Å²) in [6.45, 7) is 7.61. The predicted octanol–water partition coefficient (Wildman–Crippen LogP) is 3.41. The fourth-order valence-electron chi connectivity index (χ4n) is 2.60. The lowest BCUT2D eigenvalue weighted by molar-refractivity contribution is 0.590. The highest BCUT2D eigenvalue weighted by molar-refractivity contribution is 7.92. The van der Waals surface area contributed by atoms with E-state index in [2.05, 4.69) is 60.4 Å². The van der Waals surface area contributed by atoms with Gasteiger partial charge < -0.3 is 10.6 Å². The Morgan fingerprint density at radius 3 is 2.24 bits per heavy atom. The third kappa shape index (κ3) is 7.72. The van der Waals surface area contributed by atoms with Crippen molar-refractivity contribution in [2.75, 3.05) is 10.5 Å². The van der Waals surface area contributed by atoms with Gasteiger partial charge in [0.05, 0.1) is 6.07 Å². The van der Waals surface area contributed by atoms with Crippen molar-refractivity contribution >= 4 is 33.0 Å². The molecule has 0 aliphatic rings. The molecule has 0 saturated carbocycles. The Labute approximate surface area is 178 Å². The quantitative estimate of drug-likeness (QED) is 0.583. The lowest BCUT2D eigenvalue weighted by Crippen LogP contribution is -2.34. The first-order chi connectivity index (χ1) is 13.6. The van der Waals surface area contributed by atoms with Gasteiger partial charge in [0.2, 0.25) is 10.0 Å². The van der Waals surface area contributed by atoms with Crippen LogP contribution in [0, 0.1) is 11.3 Å². The molecule has 154 valence electrons. The molecule has 8 heteroatoms. The van der Waals surface area contributed by atoms with Gasteiger partial charge in [-0.05, 0) is 46.5 Å². The van der Waals surface area contributed by atoms with Crippen LogP contribution in [-0.4, -0.2) is 19.3 Å². The molecule has 3 N–H and O–H groups in total. The molecule has 29 heavy (non-hydrogen) atoms. The zero-order valence-corrected chi connectivity index (χ0v) is 18.5. The molecular formula is C21H26N4O2S2. The average Bonchev–Trinajstić information content (AvgIpc) is 2.64. The molecule has 0 bridgehead atoms. The lowest BCUT2D eigenvalue weighted by atomic mass is 9.87. The van der Waals surface area contributed by atoms with Gasteiger partial charge >= 0.3 is 0 Å². The van der Waals surface area contributed by atoms with Crippen LogP contribution in [0.3, 0.4) is 0 Å². The second-order valence-electron chi connectivity index (χ2n) is 7.70. The number of benzene rings is 2. The molecule has 0 atom stereocenters. The minimum Gasteiger partial charge on any atom is -0.359 e. The van der Waals surface area contributed by atoms with E-state index in [1.807, 2.05) is 6.07 Å². The lowest BCUT2D eigenvalue weighted by Gasteiger charge is -2.19.